The van der Waals surface area contributed by atoms with Crippen LogP contribution in [-0.4, -0.2) is 49.2 Å². The van der Waals surface area contributed by atoms with E-state index < -0.39 is 11.4 Å². The summed E-state index contributed by atoms with van der Waals surface area (Å²) in [5.41, 5.74) is 0.0731. The van der Waals surface area contributed by atoms with Crippen molar-refractivity contribution in [2.75, 3.05) is 27.3 Å². The molecule has 1 heterocycles. The van der Waals surface area contributed by atoms with Crippen LogP contribution in [0.1, 0.15) is 25.3 Å². The van der Waals surface area contributed by atoms with Crippen LogP contribution in [0.5, 0.6) is 11.5 Å². The molecule has 1 fully saturated rings. The van der Waals surface area contributed by atoms with Gasteiger partial charge in [-0.2, -0.15) is 0 Å². The van der Waals surface area contributed by atoms with E-state index in [1.54, 1.807) is 26.0 Å². The first-order chi connectivity index (χ1) is 10.9. The molecule has 0 bridgehead atoms. The van der Waals surface area contributed by atoms with Crippen LogP contribution in [0, 0.1) is 5.41 Å². The first-order valence-electron chi connectivity index (χ1n) is 7.61. The molecule has 1 saturated heterocycles. The Bertz CT molecular complexity index is 601. The maximum atomic E-state index is 12.3. The predicted octanol–water partition coefficient (Wildman–Crippen LogP) is 1.96. The van der Waals surface area contributed by atoms with E-state index in [2.05, 4.69) is 0 Å². The van der Waals surface area contributed by atoms with Gasteiger partial charge in [-0.15, -0.1) is 0 Å². The quantitative estimate of drug-likeness (QED) is 0.867. The van der Waals surface area contributed by atoms with Crippen LogP contribution in [0.15, 0.2) is 18.2 Å². The van der Waals surface area contributed by atoms with Crippen molar-refractivity contribution in [3.8, 4) is 11.5 Å². The third kappa shape index (κ3) is 3.75. The number of hydrogen-bond donors (Lipinski definition) is 1. The van der Waals surface area contributed by atoms with E-state index in [9.17, 15) is 14.7 Å². The van der Waals surface area contributed by atoms with Gasteiger partial charge in [-0.05, 0) is 43.5 Å². The van der Waals surface area contributed by atoms with Crippen molar-refractivity contribution >= 4 is 11.9 Å². The summed E-state index contributed by atoms with van der Waals surface area (Å²) in [4.78, 5) is 25.2. The number of nitrogens with zero attached hydrogens (tertiary/aromatic N) is 1. The number of carbonyl (C=O) groups is 2. The smallest absolute Gasteiger partial charge is 0.311 e. The van der Waals surface area contributed by atoms with E-state index >= 15 is 0 Å². The zero-order valence-electron chi connectivity index (χ0n) is 13.8. The lowest BCUT2D eigenvalue weighted by atomic mass is 9.90. The average Bonchev–Trinajstić information content (AvgIpc) is 2.96. The van der Waals surface area contributed by atoms with E-state index in [-0.39, 0.29) is 12.5 Å². The van der Waals surface area contributed by atoms with Gasteiger partial charge in [0.2, 0.25) is 5.91 Å². The zero-order valence-corrected chi connectivity index (χ0v) is 13.8. The Kier molecular flexibility index (Phi) is 5.13. The number of carboxylic acids is 1. The van der Waals surface area contributed by atoms with Crippen LogP contribution >= 0.6 is 0 Å². The molecule has 6 heteroatoms. The molecular formula is C17H23NO5. The Labute approximate surface area is 136 Å². The van der Waals surface area contributed by atoms with Gasteiger partial charge >= 0.3 is 5.97 Å². The SMILES string of the molecule is COc1ccc(OC)c(CCC(=O)N2CCC(C)(C(=O)O)C2)c1. The molecule has 2 rings (SSSR count). The minimum Gasteiger partial charge on any atom is -0.497 e. The van der Waals surface area contributed by atoms with Crippen LogP contribution in [0.25, 0.3) is 0 Å². The normalized spacial score (nSPS) is 20.4. The van der Waals surface area contributed by atoms with Gasteiger partial charge in [0.15, 0.2) is 0 Å². The zero-order chi connectivity index (χ0) is 17.0. The second-order valence-electron chi connectivity index (χ2n) is 6.11. The second-order valence-corrected chi connectivity index (χ2v) is 6.11. The third-order valence-corrected chi connectivity index (χ3v) is 4.44. The maximum absolute atomic E-state index is 12.3. The first-order valence-corrected chi connectivity index (χ1v) is 7.61. The predicted molar refractivity (Wildman–Crippen MR) is 84.8 cm³/mol. The number of aliphatic carboxylic acids is 1. The van der Waals surface area contributed by atoms with E-state index in [1.165, 1.54) is 0 Å². The molecule has 1 aromatic carbocycles. The maximum Gasteiger partial charge on any atom is 0.311 e. The second kappa shape index (κ2) is 6.89. The van der Waals surface area contributed by atoms with Crippen molar-refractivity contribution in [1.29, 1.82) is 0 Å². The Hall–Kier alpha value is -2.24. The summed E-state index contributed by atoms with van der Waals surface area (Å²) in [5, 5.41) is 9.24. The van der Waals surface area contributed by atoms with Crippen molar-refractivity contribution in [2.24, 2.45) is 5.41 Å². The van der Waals surface area contributed by atoms with Crippen molar-refractivity contribution in [1.82, 2.24) is 4.90 Å². The average molecular weight is 321 g/mol. The van der Waals surface area contributed by atoms with Gasteiger partial charge < -0.3 is 19.5 Å². The summed E-state index contributed by atoms with van der Waals surface area (Å²) in [6.07, 6.45) is 1.34. The van der Waals surface area contributed by atoms with Gasteiger partial charge in [-0.3, -0.25) is 9.59 Å². The molecule has 0 aromatic heterocycles. The van der Waals surface area contributed by atoms with Crippen molar-refractivity contribution in [3.05, 3.63) is 23.8 Å². The number of methoxy groups -OCH3 is 2. The summed E-state index contributed by atoms with van der Waals surface area (Å²) in [6, 6.07) is 5.48. The molecule has 23 heavy (non-hydrogen) atoms. The van der Waals surface area contributed by atoms with Gasteiger partial charge in [0, 0.05) is 19.5 Å². The van der Waals surface area contributed by atoms with E-state index in [1.807, 2.05) is 18.2 Å². The molecular weight excluding hydrogens is 298 g/mol. The van der Waals surface area contributed by atoms with Crippen molar-refractivity contribution < 1.29 is 24.2 Å². The highest BCUT2D eigenvalue weighted by Gasteiger charge is 2.41. The van der Waals surface area contributed by atoms with E-state index in [0.29, 0.717) is 31.6 Å². The number of amides is 1. The highest BCUT2D eigenvalue weighted by Crippen LogP contribution is 2.31. The first kappa shape index (κ1) is 17.1. The highest BCUT2D eigenvalue weighted by molar-refractivity contribution is 5.80. The number of likely N-dealkylation sites (tertiary alicyclic amines) is 1. The van der Waals surface area contributed by atoms with Gasteiger partial charge in [0.25, 0.3) is 0 Å². The summed E-state index contributed by atoms with van der Waals surface area (Å²) in [5.74, 6) is 0.561. The fourth-order valence-electron chi connectivity index (χ4n) is 2.83. The molecule has 0 aliphatic carbocycles. The third-order valence-electron chi connectivity index (χ3n) is 4.44. The Morgan fingerprint density at radius 1 is 1.30 bits per heavy atom. The molecule has 6 nitrogen and oxygen atoms in total. The molecule has 1 atom stereocenters. The minimum atomic E-state index is -0.845. The monoisotopic (exact) mass is 321 g/mol. The molecule has 1 amide bonds. The number of benzene rings is 1. The number of ether oxygens (including phenoxy) is 2. The standard InChI is InChI=1S/C17H23NO5/c1-17(16(20)21)8-9-18(11-17)15(19)7-4-12-10-13(22-2)5-6-14(12)23-3/h5-6,10H,4,7-9,11H2,1-3H3,(H,20,21). The van der Waals surface area contributed by atoms with Gasteiger partial charge in [0.05, 0.1) is 19.6 Å². The summed E-state index contributed by atoms with van der Waals surface area (Å²) < 4.78 is 10.5. The van der Waals surface area contributed by atoms with Crippen LogP contribution < -0.4 is 9.47 Å². The number of rotatable bonds is 6. The lowest BCUT2D eigenvalue weighted by molar-refractivity contribution is -0.147. The molecule has 1 N–H and O–H groups in total. The van der Waals surface area contributed by atoms with Crippen LogP contribution in [0.3, 0.4) is 0 Å². The highest BCUT2D eigenvalue weighted by atomic mass is 16.5. The van der Waals surface area contributed by atoms with Crippen LogP contribution in [-0.2, 0) is 16.0 Å². The van der Waals surface area contributed by atoms with Crippen molar-refractivity contribution in [2.45, 2.75) is 26.2 Å². The number of carboxylic acid groups (broad SMARTS) is 1. The molecule has 0 saturated carbocycles. The molecule has 1 unspecified atom stereocenters. The summed E-state index contributed by atoms with van der Waals surface area (Å²) in [6.45, 7) is 2.46. The minimum absolute atomic E-state index is 0.0279. The number of hydrogen-bond acceptors (Lipinski definition) is 4. The van der Waals surface area contributed by atoms with Crippen LogP contribution in [0.4, 0.5) is 0 Å². The van der Waals surface area contributed by atoms with Crippen molar-refractivity contribution in [3.63, 3.8) is 0 Å². The van der Waals surface area contributed by atoms with E-state index in [4.69, 9.17) is 9.47 Å². The molecule has 1 aromatic rings. The Morgan fingerprint density at radius 2 is 2.04 bits per heavy atom. The molecule has 0 radical (unpaired) electrons. The molecule has 126 valence electrons. The van der Waals surface area contributed by atoms with E-state index in [0.717, 1.165) is 11.3 Å². The number of carbonyl (C=O) groups excluding carboxylic acids is 1. The Balaban J connectivity index is 1.99. The summed E-state index contributed by atoms with van der Waals surface area (Å²) >= 11 is 0. The largest absolute Gasteiger partial charge is 0.497 e. The van der Waals surface area contributed by atoms with Crippen LogP contribution in [0.2, 0.25) is 0 Å². The van der Waals surface area contributed by atoms with Gasteiger partial charge in [-0.1, -0.05) is 0 Å². The van der Waals surface area contributed by atoms with Gasteiger partial charge in [0.1, 0.15) is 11.5 Å². The fourth-order valence-corrected chi connectivity index (χ4v) is 2.83. The molecule has 1 aliphatic rings. The summed E-state index contributed by atoms with van der Waals surface area (Å²) in [7, 11) is 3.18. The molecule has 0 spiro atoms. The number of aryl methyl sites for hydroxylation is 1. The molecule has 1 aliphatic heterocycles. The fraction of sp³-hybridized carbons (Fsp3) is 0.529. The Morgan fingerprint density at radius 3 is 2.61 bits per heavy atom. The lowest BCUT2D eigenvalue weighted by Gasteiger charge is -2.20. The topological polar surface area (TPSA) is 76.1 Å². The lowest BCUT2D eigenvalue weighted by Crippen LogP contribution is -2.34. The van der Waals surface area contributed by atoms with Gasteiger partial charge in [-0.25, -0.2) is 0 Å².